The lowest BCUT2D eigenvalue weighted by atomic mass is 9.80. The van der Waals surface area contributed by atoms with Gasteiger partial charge in [0.05, 0.1) is 0 Å². The second-order valence-electron chi connectivity index (χ2n) is 4.32. The van der Waals surface area contributed by atoms with Gasteiger partial charge in [0.1, 0.15) is 0 Å². The van der Waals surface area contributed by atoms with E-state index in [0.717, 1.165) is 19.5 Å². The first kappa shape index (κ1) is 9.52. The molecular weight excluding hydrogens is 152 g/mol. The maximum absolute atomic E-state index is 11.1. The van der Waals surface area contributed by atoms with Crippen molar-refractivity contribution in [3.05, 3.63) is 0 Å². The molecule has 0 saturated carbocycles. The van der Waals surface area contributed by atoms with Gasteiger partial charge in [-0.3, -0.25) is 4.79 Å². The number of likely N-dealkylation sites (tertiary alicyclic amines) is 1. The number of nitrogens with two attached hydrogens (primary N) is 1. The van der Waals surface area contributed by atoms with Crippen LogP contribution in [0.5, 0.6) is 0 Å². The Kier molecular flexibility index (Phi) is 2.42. The largest absolute Gasteiger partial charge is 0.342 e. The van der Waals surface area contributed by atoms with Crippen molar-refractivity contribution in [1.82, 2.24) is 4.90 Å². The molecule has 0 aliphatic carbocycles. The first-order valence-corrected chi connectivity index (χ1v) is 4.44. The number of rotatable bonds is 0. The monoisotopic (exact) mass is 170 g/mol. The van der Waals surface area contributed by atoms with E-state index < -0.39 is 0 Å². The van der Waals surface area contributed by atoms with Crippen molar-refractivity contribution in [3.63, 3.8) is 0 Å². The van der Waals surface area contributed by atoms with Crippen molar-refractivity contribution in [1.29, 1.82) is 0 Å². The molecule has 12 heavy (non-hydrogen) atoms. The zero-order valence-corrected chi connectivity index (χ0v) is 8.13. The van der Waals surface area contributed by atoms with E-state index >= 15 is 0 Å². The second kappa shape index (κ2) is 3.05. The van der Waals surface area contributed by atoms with E-state index in [4.69, 9.17) is 5.73 Å². The third kappa shape index (κ3) is 1.78. The summed E-state index contributed by atoms with van der Waals surface area (Å²) in [6, 6.07) is 0.230. The molecule has 1 aliphatic heterocycles. The first-order chi connectivity index (χ1) is 5.43. The lowest BCUT2D eigenvalue weighted by Crippen LogP contribution is -2.53. The summed E-state index contributed by atoms with van der Waals surface area (Å²) < 4.78 is 0. The van der Waals surface area contributed by atoms with Crippen molar-refractivity contribution in [2.75, 3.05) is 13.1 Å². The van der Waals surface area contributed by atoms with Crippen LogP contribution in [0.25, 0.3) is 0 Å². The van der Waals surface area contributed by atoms with Crippen LogP contribution in [-0.4, -0.2) is 29.9 Å². The number of hydrogen-bond donors (Lipinski definition) is 1. The number of carbonyl (C=O) groups is 1. The molecule has 1 rings (SSSR count). The summed E-state index contributed by atoms with van der Waals surface area (Å²) in [5, 5.41) is 0. The maximum atomic E-state index is 11.1. The van der Waals surface area contributed by atoms with Crippen molar-refractivity contribution in [3.8, 4) is 0 Å². The van der Waals surface area contributed by atoms with E-state index in [1.807, 2.05) is 4.90 Å². The SMILES string of the molecule is CC(=O)N1CCC(N)C(C)(C)C1. The molecule has 0 bridgehead atoms. The fraction of sp³-hybridized carbons (Fsp3) is 0.889. The van der Waals surface area contributed by atoms with Crippen molar-refractivity contribution < 1.29 is 4.79 Å². The Bertz CT molecular complexity index is 189. The molecule has 3 nitrogen and oxygen atoms in total. The van der Waals surface area contributed by atoms with Crippen LogP contribution in [0.15, 0.2) is 0 Å². The summed E-state index contributed by atoms with van der Waals surface area (Å²) >= 11 is 0. The van der Waals surface area contributed by atoms with Crippen LogP contribution in [0.2, 0.25) is 0 Å². The summed E-state index contributed by atoms with van der Waals surface area (Å²) in [4.78, 5) is 13.0. The summed E-state index contributed by atoms with van der Waals surface area (Å²) in [6.07, 6.45) is 0.923. The van der Waals surface area contributed by atoms with Gasteiger partial charge in [-0.1, -0.05) is 13.8 Å². The Balaban J connectivity index is 2.63. The van der Waals surface area contributed by atoms with Gasteiger partial charge in [0.25, 0.3) is 0 Å². The molecule has 0 spiro atoms. The maximum Gasteiger partial charge on any atom is 0.219 e. The molecule has 3 heteroatoms. The number of nitrogens with zero attached hydrogens (tertiary/aromatic N) is 1. The Morgan fingerprint density at radius 3 is 2.58 bits per heavy atom. The van der Waals surface area contributed by atoms with Crippen LogP contribution >= 0.6 is 0 Å². The smallest absolute Gasteiger partial charge is 0.219 e. The molecule has 1 fully saturated rings. The van der Waals surface area contributed by atoms with Gasteiger partial charge in [-0.25, -0.2) is 0 Å². The van der Waals surface area contributed by atoms with E-state index in [1.54, 1.807) is 6.92 Å². The lowest BCUT2D eigenvalue weighted by molar-refractivity contribution is -0.132. The summed E-state index contributed by atoms with van der Waals surface area (Å²) in [5.41, 5.74) is 6.01. The minimum atomic E-state index is 0.0733. The molecule has 1 amide bonds. The van der Waals surface area contributed by atoms with Gasteiger partial charge in [0.2, 0.25) is 5.91 Å². The normalized spacial score (nSPS) is 28.7. The van der Waals surface area contributed by atoms with Crippen LogP contribution in [0.1, 0.15) is 27.2 Å². The zero-order chi connectivity index (χ0) is 9.35. The van der Waals surface area contributed by atoms with Crippen LogP contribution in [0.3, 0.4) is 0 Å². The van der Waals surface area contributed by atoms with Gasteiger partial charge in [-0.15, -0.1) is 0 Å². The number of amides is 1. The predicted molar refractivity (Wildman–Crippen MR) is 48.6 cm³/mol. The van der Waals surface area contributed by atoms with Gasteiger partial charge in [-0.05, 0) is 11.8 Å². The average molecular weight is 170 g/mol. The van der Waals surface area contributed by atoms with Gasteiger partial charge < -0.3 is 10.6 Å². The third-order valence-corrected chi connectivity index (χ3v) is 2.76. The van der Waals surface area contributed by atoms with Gasteiger partial charge in [0, 0.05) is 26.1 Å². The Morgan fingerprint density at radius 1 is 1.58 bits per heavy atom. The predicted octanol–water partition coefficient (Wildman–Crippen LogP) is 0.592. The van der Waals surface area contributed by atoms with Gasteiger partial charge in [-0.2, -0.15) is 0 Å². The average Bonchev–Trinajstić information content (AvgIpc) is 1.94. The van der Waals surface area contributed by atoms with Crippen molar-refractivity contribution >= 4 is 5.91 Å². The highest BCUT2D eigenvalue weighted by atomic mass is 16.2. The number of piperidine rings is 1. The van der Waals surface area contributed by atoms with E-state index in [-0.39, 0.29) is 17.4 Å². The fourth-order valence-electron chi connectivity index (χ4n) is 1.64. The van der Waals surface area contributed by atoms with Crippen LogP contribution in [0, 0.1) is 5.41 Å². The van der Waals surface area contributed by atoms with Crippen molar-refractivity contribution in [2.24, 2.45) is 11.1 Å². The van der Waals surface area contributed by atoms with E-state index in [9.17, 15) is 4.79 Å². The highest BCUT2D eigenvalue weighted by molar-refractivity contribution is 5.73. The molecule has 1 saturated heterocycles. The molecule has 2 N–H and O–H groups in total. The Hall–Kier alpha value is -0.570. The van der Waals surface area contributed by atoms with E-state index in [0.29, 0.717) is 0 Å². The summed E-state index contributed by atoms with van der Waals surface area (Å²) in [7, 11) is 0. The molecular formula is C9H18N2O. The highest BCUT2D eigenvalue weighted by Crippen LogP contribution is 2.27. The third-order valence-electron chi connectivity index (χ3n) is 2.76. The molecule has 70 valence electrons. The van der Waals surface area contributed by atoms with Crippen molar-refractivity contribution in [2.45, 2.75) is 33.2 Å². The van der Waals surface area contributed by atoms with Crippen LogP contribution in [-0.2, 0) is 4.79 Å². The van der Waals surface area contributed by atoms with Gasteiger partial charge in [0.15, 0.2) is 0 Å². The van der Waals surface area contributed by atoms with Crippen LogP contribution in [0.4, 0.5) is 0 Å². The zero-order valence-electron chi connectivity index (χ0n) is 8.13. The molecule has 0 aromatic heterocycles. The Morgan fingerprint density at radius 2 is 2.17 bits per heavy atom. The molecule has 1 heterocycles. The Labute approximate surface area is 73.9 Å². The highest BCUT2D eigenvalue weighted by Gasteiger charge is 2.34. The molecule has 0 aromatic rings. The molecule has 0 radical (unpaired) electrons. The second-order valence-corrected chi connectivity index (χ2v) is 4.32. The minimum Gasteiger partial charge on any atom is -0.342 e. The van der Waals surface area contributed by atoms with E-state index in [2.05, 4.69) is 13.8 Å². The molecule has 1 atom stereocenters. The standard InChI is InChI=1S/C9H18N2O/c1-7(12)11-5-4-8(10)9(2,3)6-11/h8H,4-6,10H2,1-3H3. The quantitative estimate of drug-likeness (QED) is 0.578. The molecule has 0 aromatic carbocycles. The first-order valence-electron chi connectivity index (χ1n) is 4.44. The minimum absolute atomic E-state index is 0.0733. The lowest BCUT2D eigenvalue weighted by Gasteiger charge is -2.42. The summed E-state index contributed by atoms with van der Waals surface area (Å²) in [5.74, 6) is 0.162. The summed E-state index contributed by atoms with van der Waals surface area (Å²) in [6.45, 7) is 7.47. The van der Waals surface area contributed by atoms with Crippen LogP contribution < -0.4 is 5.73 Å². The van der Waals surface area contributed by atoms with E-state index in [1.165, 1.54) is 0 Å². The fourth-order valence-corrected chi connectivity index (χ4v) is 1.64. The topological polar surface area (TPSA) is 46.3 Å². The molecule has 1 unspecified atom stereocenters. The number of hydrogen-bond acceptors (Lipinski definition) is 2. The van der Waals surface area contributed by atoms with Gasteiger partial charge >= 0.3 is 0 Å². The number of carbonyl (C=O) groups excluding carboxylic acids is 1. The molecule has 1 aliphatic rings.